The molecule has 84 valence electrons. The Balaban J connectivity index is 3.91. The van der Waals surface area contributed by atoms with Gasteiger partial charge in [-0.1, -0.05) is 13.8 Å². The molecule has 0 saturated carbocycles. The summed E-state index contributed by atoms with van der Waals surface area (Å²) in [6.07, 6.45) is 1.99. The minimum absolute atomic E-state index is 0.180. The van der Waals surface area contributed by atoms with Crippen LogP contribution in [0.1, 0.15) is 20.3 Å². The molecule has 1 unspecified atom stereocenters. The molecule has 0 bridgehead atoms. The molecular formula is C11H24N2O. The fourth-order valence-corrected chi connectivity index (χ4v) is 1.30. The lowest BCUT2D eigenvalue weighted by Gasteiger charge is -2.28. The highest BCUT2D eigenvalue weighted by atomic mass is 16.1. The molecule has 0 rings (SSSR count). The maximum absolute atomic E-state index is 10.9. The molecule has 0 aromatic heterocycles. The van der Waals surface area contributed by atoms with Crippen molar-refractivity contribution in [1.29, 1.82) is 0 Å². The number of likely N-dealkylation sites (N-methyl/N-ethyl adjacent to an activating group) is 2. The van der Waals surface area contributed by atoms with Gasteiger partial charge < -0.3 is 14.6 Å². The van der Waals surface area contributed by atoms with Gasteiger partial charge in [-0.15, -0.1) is 0 Å². The Morgan fingerprint density at radius 3 is 2.14 bits per heavy atom. The Bertz CT molecular complexity index is 171. The second-order valence-corrected chi connectivity index (χ2v) is 4.67. The van der Waals surface area contributed by atoms with E-state index in [-0.39, 0.29) is 5.41 Å². The molecule has 0 aromatic rings. The number of rotatable bonds is 7. The monoisotopic (exact) mass is 200 g/mol. The first-order valence-electron chi connectivity index (χ1n) is 5.23. The topological polar surface area (TPSA) is 23.6 Å². The highest BCUT2D eigenvalue weighted by Gasteiger charge is 2.22. The third kappa shape index (κ3) is 5.35. The maximum atomic E-state index is 10.9. The summed E-state index contributed by atoms with van der Waals surface area (Å²) < 4.78 is 0. The zero-order valence-corrected chi connectivity index (χ0v) is 10.2. The lowest BCUT2D eigenvalue weighted by Crippen LogP contribution is -2.37. The second-order valence-electron chi connectivity index (χ2n) is 4.67. The molecule has 0 amide bonds. The minimum Gasteiger partial charge on any atom is -0.308 e. The fraction of sp³-hybridized carbons (Fsp3) is 0.909. The molecule has 0 heterocycles. The normalized spacial score (nSPS) is 15.9. The molecule has 0 spiro atoms. The van der Waals surface area contributed by atoms with E-state index in [2.05, 4.69) is 37.9 Å². The first kappa shape index (κ1) is 13.6. The van der Waals surface area contributed by atoms with E-state index < -0.39 is 0 Å². The van der Waals surface area contributed by atoms with Crippen LogP contribution in [-0.4, -0.2) is 56.9 Å². The first-order valence-corrected chi connectivity index (χ1v) is 5.23. The van der Waals surface area contributed by atoms with Crippen LogP contribution in [0.2, 0.25) is 0 Å². The van der Waals surface area contributed by atoms with Crippen LogP contribution in [0.15, 0.2) is 0 Å². The molecule has 0 fully saturated rings. The van der Waals surface area contributed by atoms with Gasteiger partial charge in [0, 0.05) is 25.0 Å². The van der Waals surface area contributed by atoms with Crippen molar-refractivity contribution in [2.75, 3.05) is 40.8 Å². The Kier molecular flexibility index (Phi) is 5.96. The van der Waals surface area contributed by atoms with Crippen molar-refractivity contribution in [2.24, 2.45) is 5.41 Å². The summed E-state index contributed by atoms with van der Waals surface area (Å²) in [6, 6.07) is 0. The lowest BCUT2D eigenvalue weighted by atomic mass is 9.89. The molecular weight excluding hydrogens is 176 g/mol. The minimum atomic E-state index is -0.180. The van der Waals surface area contributed by atoms with Gasteiger partial charge in [-0.3, -0.25) is 0 Å². The molecule has 0 aliphatic heterocycles. The standard InChI is InChI=1S/C11H24N2O/c1-6-11(2,10-14)9-13(5)8-7-12(3)4/h10H,6-9H2,1-5H3. The number of carbonyl (C=O) groups is 1. The zero-order valence-electron chi connectivity index (χ0n) is 10.2. The molecule has 14 heavy (non-hydrogen) atoms. The number of hydrogen-bond donors (Lipinski definition) is 0. The summed E-state index contributed by atoms with van der Waals surface area (Å²) in [6.45, 7) is 6.98. The summed E-state index contributed by atoms with van der Waals surface area (Å²) in [5.74, 6) is 0. The molecule has 0 aromatic carbocycles. The van der Waals surface area contributed by atoms with Gasteiger partial charge in [0.2, 0.25) is 0 Å². The fourth-order valence-electron chi connectivity index (χ4n) is 1.30. The van der Waals surface area contributed by atoms with Crippen LogP contribution in [0.3, 0.4) is 0 Å². The predicted octanol–water partition coefficient (Wildman–Crippen LogP) is 1.09. The van der Waals surface area contributed by atoms with E-state index in [1.165, 1.54) is 0 Å². The van der Waals surface area contributed by atoms with Crippen molar-refractivity contribution in [3.63, 3.8) is 0 Å². The average molecular weight is 200 g/mol. The number of nitrogens with zero attached hydrogens (tertiary/aromatic N) is 2. The van der Waals surface area contributed by atoms with Crippen molar-refractivity contribution >= 4 is 6.29 Å². The average Bonchev–Trinajstić information content (AvgIpc) is 2.14. The van der Waals surface area contributed by atoms with E-state index >= 15 is 0 Å². The third-order valence-electron chi connectivity index (χ3n) is 2.65. The van der Waals surface area contributed by atoms with E-state index in [0.717, 1.165) is 32.3 Å². The summed E-state index contributed by atoms with van der Waals surface area (Å²) in [5.41, 5.74) is -0.180. The SMILES string of the molecule is CCC(C)(C=O)CN(C)CCN(C)C. The Morgan fingerprint density at radius 2 is 1.79 bits per heavy atom. The van der Waals surface area contributed by atoms with E-state index in [1.54, 1.807) is 0 Å². The molecule has 0 N–H and O–H groups in total. The van der Waals surface area contributed by atoms with Gasteiger partial charge in [0.15, 0.2) is 0 Å². The summed E-state index contributed by atoms with van der Waals surface area (Å²) in [4.78, 5) is 15.3. The van der Waals surface area contributed by atoms with E-state index in [4.69, 9.17) is 0 Å². The molecule has 0 aliphatic rings. The highest BCUT2D eigenvalue weighted by molar-refractivity contribution is 5.58. The van der Waals surface area contributed by atoms with Crippen LogP contribution in [0.5, 0.6) is 0 Å². The third-order valence-corrected chi connectivity index (χ3v) is 2.65. The van der Waals surface area contributed by atoms with Gasteiger partial charge in [0.25, 0.3) is 0 Å². The smallest absolute Gasteiger partial charge is 0.127 e. The summed E-state index contributed by atoms with van der Waals surface area (Å²) >= 11 is 0. The van der Waals surface area contributed by atoms with Crippen LogP contribution in [0.4, 0.5) is 0 Å². The first-order chi connectivity index (χ1) is 6.43. The van der Waals surface area contributed by atoms with Crippen LogP contribution < -0.4 is 0 Å². The Labute approximate surface area is 88.1 Å². The van der Waals surface area contributed by atoms with Crippen molar-refractivity contribution < 1.29 is 4.79 Å². The molecule has 0 radical (unpaired) electrons. The molecule has 0 aliphatic carbocycles. The van der Waals surface area contributed by atoms with Gasteiger partial charge >= 0.3 is 0 Å². The molecule has 1 atom stereocenters. The zero-order chi connectivity index (χ0) is 11.2. The Morgan fingerprint density at radius 1 is 1.21 bits per heavy atom. The Hall–Kier alpha value is -0.410. The van der Waals surface area contributed by atoms with Crippen LogP contribution in [-0.2, 0) is 4.79 Å². The van der Waals surface area contributed by atoms with Crippen LogP contribution in [0, 0.1) is 5.41 Å². The summed E-state index contributed by atoms with van der Waals surface area (Å²) in [7, 11) is 6.19. The van der Waals surface area contributed by atoms with Gasteiger partial charge in [-0.05, 0) is 27.6 Å². The van der Waals surface area contributed by atoms with Gasteiger partial charge in [0.1, 0.15) is 6.29 Å². The molecule has 0 saturated heterocycles. The second kappa shape index (κ2) is 6.14. The van der Waals surface area contributed by atoms with Gasteiger partial charge in [-0.25, -0.2) is 0 Å². The quantitative estimate of drug-likeness (QED) is 0.575. The predicted molar refractivity (Wildman–Crippen MR) is 60.5 cm³/mol. The summed E-state index contributed by atoms with van der Waals surface area (Å²) in [5, 5.41) is 0. The van der Waals surface area contributed by atoms with E-state index in [9.17, 15) is 4.79 Å². The van der Waals surface area contributed by atoms with Crippen LogP contribution >= 0.6 is 0 Å². The largest absolute Gasteiger partial charge is 0.308 e. The molecule has 3 heteroatoms. The lowest BCUT2D eigenvalue weighted by molar-refractivity contribution is -0.116. The van der Waals surface area contributed by atoms with Crippen molar-refractivity contribution in [2.45, 2.75) is 20.3 Å². The van der Waals surface area contributed by atoms with E-state index in [1.807, 2.05) is 6.92 Å². The van der Waals surface area contributed by atoms with Gasteiger partial charge in [0.05, 0.1) is 0 Å². The van der Waals surface area contributed by atoms with E-state index in [0.29, 0.717) is 0 Å². The van der Waals surface area contributed by atoms with Crippen molar-refractivity contribution in [1.82, 2.24) is 9.80 Å². The van der Waals surface area contributed by atoms with Crippen molar-refractivity contribution in [3.8, 4) is 0 Å². The maximum Gasteiger partial charge on any atom is 0.127 e. The van der Waals surface area contributed by atoms with Gasteiger partial charge in [-0.2, -0.15) is 0 Å². The van der Waals surface area contributed by atoms with Crippen LogP contribution in [0.25, 0.3) is 0 Å². The number of aldehydes is 1. The highest BCUT2D eigenvalue weighted by Crippen LogP contribution is 2.18. The van der Waals surface area contributed by atoms with Crippen molar-refractivity contribution in [3.05, 3.63) is 0 Å². The number of carbonyl (C=O) groups excluding carboxylic acids is 1. The molecule has 3 nitrogen and oxygen atoms in total. The number of hydrogen-bond acceptors (Lipinski definition) is 3.